The average Bonchev–Trinajstić information content (AvgIpc) is 1.99. The highest BCUT2D eigenvalue weighted by Gasteiger charge is 2.29. The van der Waals surface area contributed by atoms with Gasteiger partial charge in [-0.1, -0.05) is 11.6 Å². The van der Waals surface area contributed by atoms with Crippen LogP contribution in [0.25, 0.3) is 0 Å². The molecule has 0 aromatic carbocycles. The van der Waals surface area contributed by atoms with Crippen molar-refractivity contribution in [2.45, 2.75) is 25.6 Å². The molecule has 1 rings (SSSR count). The van der Waals surface area contributed by atoms with Crippen molar-refractivity contribution in [1.29, 1.82) is 0 Å². The Morgan fingerprint density at radius 2 is 2.20 bits per heavy atom. The van der Waals surface area contributed by atoms with Gasteiger partial charge < -0.3 is 5.32 Å². The van der Waals surface area contributed by atoms with Gasteiger partial charge in [0.25, 0.3) is 0 Å². The lowest BCUT2D eigenvalue weighted by atomic mass is 10.2. The molecule has 0 saturated heterocycles. The van der Waals surface area contributed by atoms with Crippen molar-refractivity contribution in [3.63, 3.8) is 0 Å². The van der Waals surface area contributed by atoms with Crippen molar-refractivity contribution in [3.8, 4) is 0 Å². The van der Waals surface area contributed by atoms with Gasteiger partial charge in [-0.2, -0.15) is 18.3 Å². The predicted molar refractivity (Wildman–Crippen MR) is 50.8 cm³/mol. The van der Waals surface area contributed by atoms with E-state index >= 15 is 0 Å². The van der Waals surface area contributed by atoms with Crippen LogP contribution < -0.4 is 5.32 Å². The van der Waals surface area contributed by atoms with Crippen molar-refractivity contribution in [2.75, 3.05) is 5.32 Å². The molecule has 1 heterocycles. The van der Waals surface area contributed by atoms with Crippen LogP contribution in [0.4, 0.5) is 18.9 Å². The van der Waals surface area contributed by atoms with Gasteiger partial charge in [-0.3, -0.25) is 0 Å². The Kier molecular flexibility index (Phi) is 3.73. The van der Waals surface area contributed by atoms with E-state index in [4.69, 9.17) is 11.6 Å². The Morgan fingerprint density at radius 1 is 1.53 bits per heavy atom. The van der Waals surface area contributed by atoms with E-state index in [2.05, 4.69) is 15.5 Å². The van der Waals surface area contributed by atoms with Gasteiger partial charge in [0.2, 0.25) is 0 Å². The molecule has 0 saturated carbocycles. The van der Waals surface area contributed by atoms with Crippen molar-refractivity contribution in [2.24, 2.45) is 0 Å². The van der Waals surface area contributed by atoms with Crippen LogP contribution >= 0.6 is 11.6 Å². The van der Waals surface area contributed by atoms with Crippen molar-refractivity contribution >= 4 is 17.3 Å². The summed E-state index contributed by atoms with van der Waals surface area (Å²) in [6, 6.07) is 0.687. The summed E-state index contributed by atoms with van der Waals surface area (Å²) >= 11 is 5.53. The summed E-state index contributed by atoms with van der Waals surface area (Å²) in [5, 5.41) is 9.75. The molecule has 1 aromatic rings. The summed E-state index contributed by atoms with van der Waals surface area (Å²) in [6.45, 7) is 1.43. The highest BCUT2D eigenvalue weighted by Crippen LogP contribution is 2.23. The first-order valence-corrected chi connectivity index (χ1v) is 4.56. The van der Waals surface area contributed by atoms with Gasteiger partial charge >= 0.3 is 6.18 Å². The fraction of sp³-hybridized carbons (Fsp3) is 0.500. The molecule has 0 bridgehead atoms. The fourth-order valence-electron chi connectivity index (χ4n) is 1.10. The summed E-state index contributed by atoms with van der Waals surface area (Å²) in [7, 11) is 0. The standard InChI is InChI=1S/C8H9ClF3N3/c1-5(3-8(10,11)12)14-6-2-7(9)15-13-4-6/h2,4-5H,3H2,1H3,(H,14,15). The fourth-order valence-corrected chi connectivity index (χ4v) is 1.26. The summed E-state index contributed by atoms with van der Waals surface area (Å²) in [4.78, 5) is 0. The number of nitrogens with one attached hydrogen (secondary N) is 1. The summed E-state index contributed by atoms with van der Waals surface area (Å²) < 4.78 is 36.0. The molecule has 1 unspecified atom stereocenters. The molecule has 0 aliphatic carbocycles. The second-order valence-corrected chi connectivity index (χ2v) is 3.52. The van der Waals surface area contributed by atoms with Gasteiger partial charge in [0.1, 0.15) is 0 Å². The maximum Gasteiger partial charge on any atom is 0.391 e. The quantitative estimate of drug-likeness (QED) is 0.881. The van der Waals surface area contributed by atoms with E-state index in [1.165, 1.54) is 19.2 Å². The topological polar surface area (TPSA) is 37.8 Å². The minimum absolute atomic E-state index is 0.138. The molecule has 0 amide bonds. The number of hydrogen-bond donors (Lipinski definition) is 1. The predicted octanol–water partition coefficient (Wildman–Crippen LogP) is 2.88. The lowest BCUT2D eigenvalue weighted by Crippen LogP contribution is -2.23. The first-order valence-electron chi connectivity index (χ1n) is 4.18. The van der Waals surface area contributed by atoms with Gasteiger partial charge in [0, 0.05) is 12.1 Å². The molecule has 1 aromatic heterocycles. The van der Waals surface area contributed by atoms with Gasteiger partial charge in [0.15, 0.2) is 5.15 Å². The van der Waals surface area contributed by atoms with E-state index in [0.29, 0.717) is 5.69 Å². The highest BCUT2D eigenvalue weighted by atomic mass is 35.5. The van der Waals surface area contributed by atoms with Crippen LogP contribution in [0.3, 0.4) is 0 Å². The molecule has 0 spiro atoms. The Hall–Kier alpha value is -1.04. The van der Waals surface area contributed by atoms with Crippen LogP contribution in [0.1, 0.15) is 13.3 Å². The van der Waals surface area contributed by atoms with Crippen LogP contribution in [0, 0.1) is 0 Å². The third kappa shape index (κ3) is 4.83. The van der Waals surface area contributed by atoms with E-state index in [0.717, 1.165) is 0 Å². The molecule has 0 radical (unpaired) electrons. The molecule has 3 nitrogen and oxygen atoms in total. The number of hydrogen-bond acceptors (Lipinski definition) is 3. The SMILES string of the molecule is CC(CC(F)(F)F)Nc1cnnc(Cl)c1. The Labute approximate surface area is 89.6 Å². The van der Waals surface area contributed by atoms with Crippen LogP contribution in [-0.4, -0.2) is 22.4 Å². The van der Waals surface area contributed by atoms with Crippen molar-refractivity contribution in [3.05, 3.63) is 17.4 Å². The van der Waals surface area contributed by atoms with E-state index < -0.39 is 18.6 Å². The van der Waals surface area contributed by atoms with Crippen LogP contribution in [0.2, 0.25) is 5.15 Å². The zero-order valence-corrected chi connectivity index (χ0v) is 8.60. The molecule has 0 fully saturated rings. The van der Waals surface area contributed by atoms with Gasteiger partial charge in [-0.15, -0.1) is 5.10 Å². The monoisotopic (exact) mass is 239 g/mol. The highest BCUT2D eigenvalue weighted by molar-refractivity contribution is 6.29. The van der Waals surface area contributed by atoms with E-state index in [-0.39, 0.29) is 5.15 Å². The normalized spacial score (nSPS) is 13.7. The van der Waals surface area contributed by atoms with E-state index in [1.807, 2.05) is 0 Å². The third-order valence-corrected chi connectivity index (χ3v) is 1.76. The molecule has 0 aliphatic rings. The van der Waals surface area contributed by atoms with Crippen LogP contribution in [0.15, 0.2) is 12.3 Å². The molecule has 84 valence electrons. The van der Waals surface area contributed by atoms with Gasteiger partial charge in [-0.25, -0.2) is 0 Å². The minimum Gasteiger partial charge on any atom is -0.381 e. The van der Waals surface area contributed by atoms with Crippen molar-refractivity contribution < 1.29 is 13.2 Å². The molecule has 15 heavy (non-hydrogen) atoms. The van der Waals surface area contributed by atoms with Crippen LogP contribution in [-0.2, 0) is 0 Å². The Bertz CT molecular complexity index is 329. The third-order valence-electron chi connectivity index (χ3n) is 1.58. The number of alkyl halides is 3. The van der Waals surface area contributed by atoms with Gasteiger partial charge in [-0.05, 0) is 6.92 Å². The number of nitrogens with zero attached hydrogens (tertiary/aromatic N) is 2. The molecule has 1 N–H and O–H groups in total. The molecular weight excluding hydrogens is 231 g/mol. The van der Waals surface area contributed by atoms with Gasteiger partial charge in [0.05, 0.1) is 18.3 Å². The van der Waals surface area contributed by atoms with Crippen LogP contribution in [0.5, 0.6) is 0 Å². The first kappa shape index (κ1) is 12.0. The summed E-state index contributed by atoms with van der Waals surface area (Å²) in [5.41, 5.74) is 0.423. The molecule has 7 heteroatoms. The van der Waals surface area contributed by atoms with E-state index in [1.54, 1.807) is 0 Å². The molecule has 0 aliphatic heterocycles. The van der Waals surface area contributed by atoms with E-state index in [9.17, 15) is 13.2 Å². The molecule has 1 atom stereocenters. The molecular formula is C8H9ClF3N3. The average molecular weight is 240 g/mol. The number of rotatable bonds is 3. The number of aromatic nitrogens is 2. The number of anilines is 1. The summed E-state index contributed by atoms with van der Waals surface area (Å²) in [6.07, 6.45) is -3.78. The Balaban J connectivity index is 2.55. The smallest absolute Gasteiger partial charge is 0.381 e. The maximum absolute atomic E-state index is 12.0. The Morgan fingerprint density at radius 3 is 2.73 bits per heavy atom. The lowest BCUT2D eigenvalue weighted by Gasteiger charge is -2.16. The largest absolute Gasteiger partial charge is 0.391 e. The second kappa shape index (κ2) is 4.65. The summed E-state index contributed by atoms with van der Waals surface area (Å²) in [5.74, 6) is 0. The van der Waals surface area contributed by atoms with Crippen molar-refractivity contribution in [1.82, 2.24) is 10.2 Å². The number of halogens is 4. The maximum atomic E-state index is 12.0. The first-order chi connectivity index (χ1) is 6.87. The zero-order valence-electron chi connectivity index (χ0n) is 7.85. The second-order valence-electron chi connectivity index (χ2n) is 3.13. The minimum atomic E-state index is -4.18. The zero-order chi connectivity index (χ0) is 11.5. The lowest BCUT2D eigenvalue weighted by molar-refractivity contribution is -0.136.